The van der Waals surface area contributed by atoms with Crippen molar-refractivity contribution >= 4 is 17.6 Å². The number of piperazine rings is 1. The van der Waals surface area contributed by atoms with Gasteiger partial charge in [-0.3, -0.25) is 14.8 Å². The largest absolute Gasteiger partial charge is 0.492 e. The zero-order valence-corrected chi connectivity index (χ0v) is 14.3. The highest BCUT2D eigenvalue weighted by atomic mass is 16.8. The van der Waals surface area contributed by atoms with E-state index >= 15 is 0 Å². The van der Waals surface area contributed by atoms with Crippen LogP contribution >= 0.6 is 0 Å². The van der Waals surface area contributed by atoms with Crippen molar-refractivity contribution in [3.63, 3.8) is 0 Å². The third kappa shape index (κ3) is 3.58. The van der Waals surface area contributed by atoms with Gasteiger partial charge in [-0.25, -0.2) is 9.59 Å². The first-order valence-corrected chi connectivity index (χ1v) is 8.28. The Morgan fingerprint density at radius 2 is 1.88 bits per heavy atom. The van der Waals surface area contributed by atoms with E-state index in [1.54, 1.807) is 23.4 Å². The topological polar surface area (TPSA) is 81.2 Å². The summed E-state index contributed by atoms with van der Waals surface area (Å²) >= 11 is 0. The molecule has 0 aliphatic carbocycles. The Morgan fingerprint density at radius 3 is 2.52 bits per heavy atom. The molecule has 1 aromatic rings. The molecule has 0 unspecified atom stereocenters. The van der Waals surface area contributed by atoms with Gasteiger partial charge in [0, 0.05) is 31.3 Å². The number of nitrogens with zero attached hydrogens (tertiary/aromatic N) is 3. The summed E-state index contributed by atoms with van der Waals surface area (Å²) < 4.78 is 16.6. The molecule has 0 N–H and O–H groups in total. The van der Waals surface area contributed by atoms with Gasteiger partial charge in [-0.15, -0.1) is 0 Å². The van der Waals surface area contributed by atoms with Crippen molar-refractivity contribution < 1.29 is 23.8 Å². The molecule has 8 heteroatoms. The van der Waals surface area contributed by atoms with E-state index in [1.807, 2.05) is 13.8 Å². The van der Waals surface area contributed by atoms with Crippen LogP contribution in [0.3, 0.4) is 0 Å². The van der Waals surface area contributed by atoms with Gasteiger partial charge < -0.3 is 14.2 Å². The van der Waals surface area contributed by atoms with Gasteiger partial charge in [0.05, 0.1) is 31.2 Å². The monoisotopic (exact) mass is 347 g/mol. The number of esters is 2. The van der Waals surface area contributed by atoms with Gasteiger partial charge in [-0.05, 0) is 13.5 Å². The van der Waals surface area contributed by atoms with Crippen molar-refractivity contribution in [3.05, 3.63) is 30.6 Å². The Hall–Kier alpha value is -2.61. The van der Waals surface area contributed by atoms with E-state index in [0.717, 1.165) is 25.2 Å². The van der Waals surface area contributed by atoms with E-state index in [2.05, 4.69) is 9.88 Å². The standard InChI is InChI=1S/C17H21N3O5/c1-3-19-7-8-20(13-9-14(23-4-2)11-18-10-13)17(12-19)24-15(21)5-6-16(22)25-17/h5-6,9-11H,3-4,7-8,12H2,1-2H3. The summed E-state index contributed by atoms with van der Waals surface area (Å²) in [5, 5.41) is 0. The van der Waals surface area contributed by atoms with E-state index in [4.69, 9.17) is 14.2 Å². The molecule has 2 aliphatic heterocycles. The molecule has 0 saturated carbocycles. The highest BCUT2D eigenvalue weighted by Crippen LogP contribution is 2.33. The zero-order valence-electron chi connectivity index (χ0n) is 14.3. The van der Waals surface area contributed by atoms with Crippen LogP contribution in [-0.4, -0.2) is 60.5 Å². The third-order valence-electron chi connectivity index (χ3n) is 4.12. The number of carbonyl (C=O) groups excluding carboxylic acids is 2. The van der Waals surface area contributed by atoms with Gasteiger partial charge in [0.15, 0.2) is 0 Å². The average Bonchev–Trinajstić information content (AvgIpc) is 2.73. The Bertz CT molecular complexity index is 671. The molecule has 8 nitrogen and oxygen atoms in total. The number of rotatable bonds is 4. The molecular weight excluding hydrogens is 326 g/mol. The van der Waals surface area contributed by atoms with Gasteiger partial charge in [-0.2, -0.15) is 0 Å². The van der Waals surface area contributed by atoms with E-state index < -0.39 is 17.8 Å². The van der Waals surface area contributed by atoms with Crippen LogP contribution < -0.4 is 9.64 Å². The minimum Gasteiger partial charge on any atom is -0.492 e. The fourth-order valence-electron chi connectivity index (χ4n) is 2.97. The predicted molar refractivity (Wildman–Crippen MR) is 88.9 cm³/mol. The van der Waals surface area contributed by atoms with Crippen LogP contribution in [0, 0.1) is 0 Å². The molecule has 1 spiro atoms. The summed E-state index contributed by atoms with van der Waals surface area (Å²) in [6.07, 6.45) is 5.39. The summed E-state index contributed by atoms with van der Waals surface area (Å²) in [5.74, 6) is -2.18. The van der Waals surface area contributed by atoms with Crippen molar-refractivity contribution in [2.24, 2.45) is 0 Å². The molecule has 0 atom stereocenters. The van der Waals surface area contributed by atoms with Gasteiger partial charge in [0.1, 0.15) is 5.75 Å². The quantitative estimate of drug-likeness (QED) is 0.744. The lowest BCUT2D eigenvalue weighted by atomic mass is 10.2. The number of hydrogen-bond donors (Lipinski definition) is 0. The second-order valence-electron chi connectivity index (χ2n) is 5.72. The number of aromatic nitrogens is 1. The molecule has 134 valence electrons. The summed E-state index contributed by atoms with van der Waals surface area (Å²) in [6, 6.07) is 1.79. The average molecular weight is 347 g/mol. The SMILES string of the molecule is CCOc1cncc(N2CCN(CC)CC23OC(=O)C=CC(=O)O3)c1. The maximum absolute atomic E-state index is 12.0. The minimum atomic E-state index is -1.53. The number of ether oxygens (including phenoxy) is 3. The summed E-state index contributed by atoms with van der Waals surface area (Å²) in [5.41, 5.74) is 0.657. The predicted octanol–water partition coefficient (Wildman–Crippen LogP) is 0.932. The molecule has 0 amide bonds. The maximum atomic E-state index is 12.0. The molecule has 0 aromatic carbocycles. The molecule has 3 heterocycles. The van der Waals surface area contributed by atoms with E-state index in [1.165, 1.54) is 0 Å². The van der Waals surface area contributed by atoms with Crippen LogP contribution in [-0.2, 0) is 19.1 Å². The molecule has 3 rings (SSSR count). The van der Waals surface area contributed by atoms with Crippen LogP contribution in [0.1, 0.15) is 13.8 Å². The molecular formula is C17H21N3O5. The minimum absolute atomic E-state index is 0.252. The molecule has 0 bridgehead atoms. The Labute approximate surface area is 146 Å². The number of hydrogen-bond acceptors (Lipinski definition) is 8. The maximum Gasteiger partial charge on any atom is 0.356 e. The van der Waals surface area contributed by atoms with Crippen molar-refractivity contribution in [2.45, 2.75) is 19.8 Å². The first-order chi connectivity index (χ1) is 12.1. The Kier molecular flexibility index (Phi) is 4.89. The highest BCUT2D eigenvalue weighted by molar-refractivity contribution is 5.93. The number of likely N-dealkylation sites (N-methyl/N-ethyl adjacent to an activating group) is 1. The Morgan fingerprint density at radius 1 is 1.16 bits per heavy atom. The van der Waals surface area contributed by atoms with Gasteiger partial charge in [0.25, 0.3) is 0 Å². The van der Waals surface area contributed by atoms with Crippen LogP contribution in [0.25, 0.3) is 0 Å². The van der Waals surface area contributed by atoms with Gasteiger partial charge in [-0.1, -0.05) is 6.92 Å². The fraction of sp³-hybridized carbons (Fsp3) is 0.471. The smallest absolute Gasteiger partial charge is 0.356 e. The highest BCUT2D eigenvalue weighted by Gasteiger charge is 2.50. The van der Waals surface area contributed by atoms with Crippen molar-refractivity contribution in [2.75, 3.05) is 37.7 Å². The van der Waals surface area contributed by atoms with E-state index in [0.29, 0.717) is 24.6 Å². The normalized spacial score (nSPS) is 20.2. The number of pyridine rings is 1. The first kappa shape index (κ1) is 17.2. The van der Waals surface area contributed by atoms with Gasteiger partial charge in [0.2, 0.25) is 0 Å². The molecule has 2 aliphatic rings. The zero-order chi connectivity index (χ0) is 17.9. The van der Waals surface area contributed by atoms with E-state index in [9.17, 15) is 9.59 Å². The van der Waals surface area contributed by atoms with Crippen LogP contribution in [0.4, 0.5) is 5.69 Å². The molecule has 1 fully saturated rings. The van der Waals surface area contributed by atoms with E-state index in [-0.39, 0.29) is 6.54 Å². The second-order valence-corrected chi connectivity index (χ2v) is 5.72. The van der Waals surface area contributed by atoms with Crippen LogP contribution in [0.5, 0.6) is 5.75 Å². The van der Waals surface area contributed by atoms with Gasteiger partial charge >= 0.3 is 17.8 Å². The summed E-state index contributed by atoms with van der Waals surface area (Å²) in [4.78, 5) is 32.0. The lowest BCUT2D eigenvalue weighted by molar-refractivity contribution is -0.231. The van der Waals surface area contributed by atoms with Crippen LogP contribution in [0.2, 0.25) is 0 Å². The van der Waals surface area contributed by atoms with Crippen molar-refractivity contribution in [1.82, 2.24) is 9.88 Å². The van der Waals surface area contributed by atoms with Crippen molar-refractivity contribution in [1.29, 1.82) is 0 Å². The summed E-state index contributed by atoms with van der Waals surface area (Å²) in [7, 11) is 0. The molecule has 0 radical (unpaired) electrons. The molecule has 25 heavy (non-hydrogen) atoms. The lowest BCUT2D eigenvalue weighted by Gasteiger charge is -2.47. The van der Waals surface area contributed by atoms with Crippen LogP contribution in [0.15, 0.2) is 30.6 Å². The number of carbonyl (C=O) groups is 2. The second kappa shape index (κ2) is 7.10. The third-order valence-corrected chi connectivity index (χ3v) is 4.12. The molecule has 1 saturated heterocycles. The molecule has 1 aromatic heterocycles. The Balaban J connectivity index is 1.99. The summed E-state index contributed by atoms with van der Waals surface area (Å²) in [6.45, 7) is 6.63. The fourth-order valence-corrected chi connectivity index (χ4v) is 2.97. The van der Waals surface area contributed by atoms with Crippen molar-refractivity contribution in [3.8, 4) is 5.75 Å². The number of anilines is 1. The lowest BCUT2D eigenvalue weighted by Crippen LogP contribution is -2.66. The first-order valence-electron chi connectivity index (χ1n) is 8.28.